The highest BCUT2D eigenvalue weighted by Gasteiger charge is 2.23. The fraction of sp³-hybridized carbons (Fsp3) is 0.533. The number of hydrogen-bond acceptors (Lipinski definition) is 4. The summed E-state index contributed by atoms with van der Waals surface area (Å²) in [5.74, 6) is -0.278. The van der Waals surface area contributed by atoms with E-state index in [9.17, 15) is 13.2 Å². The Bertz CT molecular complexity index is 656. The standard InChI is InChI=1S/C15H23Cl2N3O3S/c1-3-15(18,4-2)10-19-13(21)8-9-20-24(22,23)14-11(16)6-5-7-12(14)17/h5-7,20H,3-4,8-10,18H2,1-2H3,(H,19,21). The van der Waals surface area contributed by atoms with Crippen LogP contribution in [-0.4, -0.2) is 33.0 Å². The van der Waals surface area contributed by atoms with Gasteiger partial charge < -0.3 is 11.1 Å². The Morgan fingerprint density at radius 2 is 1.75 bits per heavy atom. The van der Waals surface area contributed by atoms with Gasteiger partial charge in [0.05, 0.1) is 10.0 Å². The van der Waals surface area contributed by atoms with E-state index in [-0.39, 0.29) is 33.8 Å². The summed E-state index contributed by atoms with van der Waals surface area (Å²) in [4.78, 5) is 11.6. The first kappa shape index (κ1) is 21.2. The molecule has 0 radical (unpaired) electrons. The number of amides is 1. The van der Waals surface area contributed by atoms with Crippen molar-refractivity contribution in [3.8, 4) is 0 Å². The third-order valence-electron chi connectivity index (χ3n) is 3.88. The Kier molecular flexibility index (Phi) is 7.95. The molecule has 0 atom stereocenters. The third-order valence-corrected chi connectivity index (χ3v) is 6.29. The van der Waals surface area contributed by atoms with Gasteiger partial charge in [0, 0.05) is 25.0 Å². The lowest BCUT2D eigenvalue weighted by molar-refractivity contribution is -0.121. The van der Waals surface area contributed by atoms with Gasteiger partial charge in [0.15, 0.2) is 0 Å². The normalized spacial score (nSPS) is 12.2. The monoisotopic (exact) mass is 395 g/mol. The van der Waals surface area contributed by atoms with Gasteiger partial charge in [0.2, 0.25) is 15.9 Å². The van der Waals surface area contributed by atoms with E-state index in [1.54, 1.807) is 6.07 Å². The molecule has 9 heteroatoms. The van der Waals surface area contributed by atoms with Crippen LogP contribution in [0.4, 0.5) is 0 Å². The molecule has 4 N–H and O–H groups in total. The maximum Gasteiger partial charge on any atom is 0.243 e. The first-order chi connectivity index (χ1) is 11.1. The van der Waals surface area contributed by atoms with Crippen LogP contribution in [0.15, 0.2) is 23.1 Å². The Morgan fingerprint density at radius 3 is 2.25 bits per heavy atom. The summed E-state index contributed by atoms with van der Waals surface area (Å²) in [7, 11) is -3.89. The van der Waals surface area contributed by atoms with Gasteiger partial charge >= 0.3 is 0 Å². The highest BCUT2D eigenvalue weighted by atomic mass is 35.5. The van der Waals surface area contributed by atoms with Crippen LogP contribution in [-0.2, 0) is 14.8 Å². The van der Waals surface area contributed by atoms with Crippen LogP contribution in [0.1, 0.15) is 33.1 Å². The molecule has 6 nitrogen and oxygen atoms in total. The first-order valence-electron chi connectivity index (χ1n) is 7.64. The van der Waals surface area contributed by atoms with Gasteiger partial charge in [-0.1, -0.05) is 43.1 Å². The van der Waals surface area contributed by atoms with Gasteiger partial charge in [-0.05, 0) is 25.0 Å². The lowest BCUT2D eigenvalue weighted by atomic mass is 9.94. The number of nitrogens with two attached hydrogens (primary N) is 1. The van der Waals surface area contributed by atoms with Crippen LogP contribution in [0.3, 0.4) is 0 Å². The lowest BCUT2D eigenvalue weighted by Gasteiger charge is -2.26. The molecule has 1 aromatic carbocycles. The Balaban J connectivity index is 2.56. The Morgan fingerprint density at radius 1 is 1.21 bits per heavy atom. The number of rotatable bonds is 9. The van der Waals surface area contributed by atoms with Crippen LogP contribution in [0, 0.1) is 0 Å². The molecule has 0 unspecified atom stereocenters. The van der Waals surface area contributed by atoms with Crippen molar-refractivity contribution in [2.75, 3.05) is 13.1 Å². The zero-order chi connectivity index (χ0) is 18.4. The van der Waals surface area contributed by atoms with Crippen molar-refractivity contribution in [1.82, 2.24) is 10.0 Å². The molecule has 0 bridgehead atoms. The maximum absolute atomic E-state index is 12.2. The highest BCUT2D eigenvalue weighted by Crippen LogP contribution is 2.28. The van der Waals surface area contributed by atoms with Gasteiger partial charge in [-0.25, -0.2) is 13.1 Å². The fourth-order valence-electron chi connectivity index (χ4n) is 1.97. The molecule has 0 spiro atoms. The summed E-state index contributed by atoms with van der Waals surface area (Å²) in [6.07, 6.45) is 1.47. The van der Waals surface area contributed by atoms with Crippen molar-refractivity contribution in [3.63, 3.8) is 0 Å². The molecule has 0 aromatic heterocycles. The number of carbonyl (C=O) groups excluding carboxylic acids is 1. The molecule has 0 aliphatic rings. The minimum absolute atomic E-state index is 0.00912. The minimum atomic E-state index is -3.89. The molecular formula is C15H23Cl2N3O3S. The zero-order valence-corrected chi connectivity index (χ0v) is 16.1. The number of hydrogen-bond donors (Lipinski definition) is 3. The molecule has 0 fully saturated rings. The molecular weight excluding hydrogens is 373 g/mol. The van der Waals surface area contributed by atoms with Crippen LogP contribution >= 0.6 is 23.2 Å². The highest BCUT2D eigenvalue weighted by molar-refractivity contribution is 7.89. The second-order valence-electron chi connectivity index (χ2n) is 5.54. The number of nitrogens with one attached hydrogen (secondary N) is 2. The molecule has 1 amide bonds. The summed E-state index contributed by atoms with van der Waals surface area (Å²) in [5, 5.41) is 2.78. The van der Waals surface area contributed by atoms with Crippen LogP contribution in [0.25, 0.3) is 0 Å². The second-order valence-corrected chi connectivity index (χ2v) is 8.06. The van der Waals surface area contributed by atoms with E-state index < -0.39 is 15.6 Å². The minimum Gasteiger partial charge on any atom is -0.354 e. The lowest BCUT2D eigenvalue weighted by Crippen LogP contribution is -2.49. The van der Waals surface area contributed by atoms with Gasteiger partial charge in [-0.3, -0.25) is 4.79 Å². The largest absolute Gasteiger partial charge is 0.354 e. The van der Waals surface area contributed by atoms with E-state index in [0.29, 0.717) is 6.54 Å². The molecule has 0 saturated carbocycles. The summed E-state index contributed by atoms with van der Waals surface area (Å²) < 4.78 is 26.8. The van der Waals surface area contributed by atoms with Gasteiger partial charge in [0.1, 0.15) is 4.90 Å². The smallest absolute Gasteiger partial charge is 0.243 e. The average molecular weight is 396 g/mol. The van der Waals surface area contributed by atoms with Gasteiger partial charge in [0.25, 0.3) is 0 Å². The zero-order valence-electron chi connectivity index (χ0n) is 13.7. The Hall–Kier alpha value is -0.860. The molecule has 0 aliphatic carbocycles. The summed E-state index contributed by atoms with van der Waals surface area (Å²) in [5.41, 5.74) is 5.65. The third kappa shape index (κ3) is 5.89. The number of halogens is 2. The van der Waals surface area contributed by atoms with Crippen LogP contribution in [0.2, 0.25) is 10.0 Å². The second kappa shape index (κ2) is 9.01. The topological polar surface area (TPSA) is 101 Å². The first-order valence-corrected chi connectivity index (χ1v) is 9.88. The van der Waals surface area contributed by atoms with Crippen LogP contribution < -0.4 is 15.8 Å². The van der Waals surface area contributed by atoms with Crippen molar-refractivity contribution in [1.29, 1.82) is 0 Å². The van der Waals surface area contributed by atoms with E-state index in [1.165, 1.54) is 12.1 Å². The van der Waals surface area contributed by atoms with Crippen molar-refractivity contribution < 1.29 is 13.2 Å². The van der Waals surface area contributed by atoms with Gasteiger partial charge in [-0.2, -0.15) is 0 Å². The molecule has 1 rings (SSSR count). The van der Waals surface area contributed by atoms with E-state index in [2.05, 4.69) is 10.0 Å². The average Bonchev–Trinajstić information content (AvgIpc) is 2.52. The summed E-state index contributed by atoms with van der Waals surface area (Å²) in [6.45, 7) is 4.20. The molecule has 0 heterocycles. The quantitative estimate of drug-likeness (QED) is 0.596. The van der Waals surface area contributed by atoms with Crippen molar-refractivity contribution >= 4 is 39.1 Å². The van der Waals surface area contributed by atoms with E-state index in [1.807, 2.05) is 13.8 Å². The SMILES string of the molecule is CCC(N)(CC)CNC(=O)CCNS(=O)(=O)c1c(Cl)cccc1Cl. The molecule has 24 heavy (non-hydrogen) atoms. The molecule has 0 saturated heterocycles. The summed E-state index contributed by atoms with van der Waals surface area (Å²) >= 11 is 11.8. The van der Waals surface area contributed by atoms with E-state index in [4.69, 9.17) is 28.9 Å². The fourth-order valence-corrected chi connectivity index (χ4v) is 4.14. The number of carbonyl (C=O) groups is 1. The van der Waals surface area contributed by atoms with Gasteiger partial charge in [-0.15, -0.1) is 0 Å². The van der Waals surface area contributed by atoms with Crippen molar-refractivity contribution in [2.24, 2.45) is 5.73 Å². The summed E-state index contributed by atoms with van der Waals surface area (Å²) in [6, 6.07) is 4.42. The van der Waals surface area contributed by atoms with Crippen molar-refractivity contribution in [2.45, 2.75) is 43.5 Å². The van der Waals surface area contributed by atoms with Crippen molar-refractivity contribution in [3.05, 3.63) is 28.2 Å². The predicted molar refractivity (Wildman–Crippen MR) is 96.8 cm³/mol. The molecule has 0 aliphatic heterocycles. The molecule has 1 aromatic rings. The Labute approximate surface area is 153 Å². The molecule has 136 valence electrons. The number of benzene rings is 1. The van der Waals surface area contributed by atoms with E-state index >= 15 is 0 Å². The number of sulfonamides is 1. The predicted octanol–water partition coefficient (Wildman–Crippen LogP) is 2.30. The van der Waals surface area contributed by atoms with E-state index in [0.717, 1.165) is 12.8 Å². The van der Waals surface area contributed by atoms with Crippen LogP contribution in [0.5, 0.6) is 0 Å². The maximum atomic E-state index is 12.2.